The van der Waals surface area contributed by atoms with Crippen LogP contribution in [0.4, 0.5) is 0 Å². The normalized spacial score (nSPS) is 12.6. The van der Waals surface area contributed by atoms with E-state index in [2.05, 4.69) is 152 Å². The number of benzene rings is 5. The Morgan fingerprint density at radius 2 is 1.08 bits per heavy atom. The molecule has 0 saturated heterocycles. The lowest BCUT2D eigenvalue weighted by Crippen LogP contribution is -2.05. The van der Waals surface area contributed by atoms with Crippen LogP contribution in [0.1, 0.15) is 37.0 Å². The number of allylic oxidation sites excluding steroid dienone is 2. The van der Waals surface area contributed by atoms with Crippen LogP contribution in [-0.2, 0) is 0 Å². The summed E-state index contributed by atoms with van der Waals surface area (Å²) in [7, 11) is 0. The molecule has 6 rings (SSSR count). The number of rotatable bonds is 7. The molecule has 2 heteroatoms. The molecule has 0 aliphatic heterocycles. The van der Waals surface area contributed by atoms with Gasteiger partial charge in [-0.05, 0) is 65.9 Å². The zero-order chi connectivity index (χ0) is 26.6. The minimum atomic E-state index is 0.763. The van der Waals surface area contributed by atoms with Crippen LogP contribution in [0.5, 0.6) is 0 Å². The summed E-state index contributed by atoms with van der Waals surface area (Å²) >= 11 is 0. The van der Waals surface area contributed by atoms with Gasteiger partial charge in [-0.3, -0.25) is 4.99 Å². The number of aliphatic imine (C=N–C) groups is 1. The number of nitrogens with zero attached hydrogens (tertiary/aromatic N) is 2. The first-order valence-corrected chi connectivity index (χ1v) is 13.7. The summed E-state index contributed by atoms with van der Waals surface area (Å²) in [5, 5.41) is 2.56. The molecule has 0 unspecified atom stereocenters. The average molecular weight is 505 g/mol. The first kappa shape index (κ1) is 24.6. The fraction of sp³-hybridized carbons (Fsp3) is 0.108. The third-order valence-corrected chi connectivity index (χ3v) is 7.51. The quantitative estimate of drug-likeness (QED) is 0.152. The summed E-state index contributed by atoms with van der Waals surface area (Å²) in [6.07, 6.45) is 0.780. The lowest BCUT2D eigenvalue weighted by atomic mass is 9.90. The lowest BCUT2D eigenvalue weighted by Gasteiger charge is -2.16. The van der Waals surface area contributed by atoms with E-state index in [0.717, 1.165) is 18.7 Å². The molecule has 2 nitrogen and oxygen atoms in total. The Hall–Kier alpha value is -4.69. The number of para-hydroxylation sites is 2. The molecule has 39 heavy (non-hydrogen) atoms. The van der Waals surface area contributed by atoms with Gasteiger partial charge in [0, 0.05) is 35.1 Å². The molecule has 0 N–H and O–H groups in total. The molecule has 0 radical (unpaired) electrons. The SMILES string of the molecule is CC/N=C(\C/C(=C(\C)c1ccc(-n2c3ccccc3c3ccccc32)cc1)c1ccccc1)c1ccccc1. The van der Waals surface area contributed by atoms with Crippen LogP contribution in [0, 0.1) is 0 Å². The van der Waals surface area contributed by atoms with E-state index in [1.165, 1.54) is 55.3 Å². The minimum absolute atomic E-state index is 0.763. The van der Waals surface area contributed by atoms with Gasteiger partial charge in [0.2, 0.25) is 0 Å². The van der Waals surface area contributed by atoms with Crippen LogP contribution in [0.25, 0.3) is 38.6 Å². The van der Waals surface area contributed by atoms with E-state index in [9.17, 15) is 0 Å². The van der Waals surface area contributed by atoms with Gasteiger partial charge < -0.3 is 4.57 Å². The summed E-state index contributed by atoms with van der Waals surface area (Å²) in [6.45, 7) is 5.11. The maximum Gasteiger partial charge on any atom is 0.0541 e. The number of fused-ring (bicyclic) bond motifs is 3. The summed E-state index contributed by atoms with van der Waals surface area (Å²) in [5.41, 5.74) is 11.0. The summed E-state index contributed by atoms with van der Waals surface area (Å²) in [5.74, 6) is 0. The Balaban J connectivity index is 1.44. The van der Waals surface area contributed by atoms with E-state index in [0.29, 0.717) is 0 Å². The van der Waals surface area contributed by atoms with Crippen LogP contribution >= 0.6 is 0 Å². The van der Waals surface area contributed by atoms with Gasteiger partial charge in [-0.2, -0.15) is 0 Å². The van der Waals surface area contributed by atoms with Gasteiger partial charge in [0.25, 0.3) is 0 Å². The lowest BCUT2D eigenvalue weighted by molar-refractivity contribution is 1.12. The highest BCUT2D eigenvalue weighted by molar-refractivity contribution is 6.10. The van der Waals surface area contributed by atoms with E-state index in [1.807, 2.05) is 0 Å². The zero-order valence-corrected chi connectivity index (χ0v) is 22.5. The molecule has 0 spiro atoms. The van der Waals surface area contributed by atoms with Gasteiger partial charge in [-0.25, -0.2) is 0 Å². The fourth-order valence-corrected chi connectivity index (χ4v) is 5.56. The number of hydrogen-bond acceptors (Lipinski definition) is 1. The molecule has 0 saturated carbocycles. The van der Waals surface area contributed by atoms with Gasteiger partial charge in [0.1, 0.15) is 0 Å². The van der Waals surface area contributed by atoms with Crippen molar-refractivity contribution in [1.29, 1.82) is 0 Å². The van der Waals surface area contributed by atoms with Crippen molar-refractivity contribution in [3.63, 3.8) is 0 Å². The summed E-state index contributed by atoms with van der Waals surface area (Å²) in [6, 6.07) is 47.6. The van der Waals surface area contributed by atoms with Crippen molar-refractivity contribution in [2.24, 2.45) is 4.99 Å². The second-order valence-electron chi connectivity index (χ2n) is 9.85. The van der Waals surface area contributed by atoms with E-state index < -0.39 is 0 Å². The Bertz CT molecular complexity index is 1730. The molecule has 0 bridgehead atoms. The smallest absolute Gasteiger partial charge is 0.0541 e. The van der Waals surface area contributed by atoms with E-state index in [-0.39, 0.29) is 0 Å². The topological polar surface area (TPSA) is 17.3 Å². The van der Waals surface area contributed by atoms with Crippen LogP contribution in [0.15, 0.2) is 138 Å². The molecule has 1 heterocycles. The first-order valence-electron chi connectivity index (χ1n) is 13.7. The van der Waals surface area contributed by atoms with E-state index in [4.69, 9.17) is 4.99 Å². The molecule has 0 amide bonds. The van der Waals surface area contributed by atoms with Crippen LogP contribution in [0.3, 0.4) is 0 Å². The molecule has 190 valence electrons. The second-order valence-corrected chi connectivity index (χ2v) is 9.85. The van der Waals surface area contributed by atoms with Crippen LogP contribution < -0.4 is 0 Å². The predicted octanol–water partition coefficient (Wildman–Crippen LogP) is 9.61. The van der Waals surface area contributed by atoms with Crippen molar-refractivity contribution in [2.45, 2.75) is 20.3 Å². The van der Waals surface area contributed by atoms with Crippen molar-refractivity contribution in [2.75, 3.05) is 6.54 Å². The van der Waals surface area contributed by atoms with Gasteiger partial charge >= 0.3 is 0 Å². The molecule has 0 aliphatic carbocycles. The average Bonchev–Trinajstić information content (AvgIpc) is 3.34. The van der Waals surface area contributed by atoms with Crippen molar-refractivity contribution >= 4 is 38.7 Å². The number of aromatic nitrogens is 1. The van der Waals surface area contributed by atoms with Gasteiger partial charge in [0.15, 0.2) is 0 Å². The molecule has 6 aromatic rings. The van der Waals surface area contributed by atoms with E-state index >= 15 is 0 Å². The standard InChI is InChI=1S/C37H32N2/c1-3-38-35(30-16-8-5-9-17-30)26-34(29-14-6-4-7-15-29)27(2)28-22-24-31(25-23-28)39-36-20-12-10-18-32(36)33-19-11-13-21-37(33)39/h4-25H,3,26H2,1-2H3/b34-27-,38-35+. The van der Waals surface area contributed by atoms with Crippen molar-refractivity contribution in [3.8, 4) is 5.69 Å². The Kier molecular flexibility index (Phi) is 6.93. The Morgan fingerprint density at radius 1 is 0.564 bits per heavy atom. The van der Waals surface area contributed by atoms with Gasteiger partial charge in [0.05, 0.1) is 11.0 Å². The highest BCUT2D eigenvalue weighted by atomic mass is 15.0. The molecular formula is C37H32N2. The first-order chi connectivity index (χ1) is 19.2. The molecule has 5 aromatic carbocycles. The largest absolute Gasteiger partial charge is 0.309 e. The predicted molar refractivity (Wildman–Crippen MR) is 168 cm³/mol. The van der Waals surface area contributed by atoms with Crippen LogP contribution in [-0.4, -0.2) is 16.8 Å². The third-order valence-electron chi connectivity index (χ3n) is 7.51. The molecule has 0 aliphatic rings. The van der Waals surface area contributed by atoms with E-state index in [1.54, 1.807) is 0 Å². The fourth-order valence-electron chi connectivity index (χ4n) is 5.56. The molecule has 0 atom stereocenters. The third kappa shape index (κ3) is 4.82. The van der Waals surface area contributed by atoms with Crippen molar-refractivity contribution in [1.82, 2.24) is 4.57 Å². The van der Waals surface area contributed by atoms with Crippen LogP contribution in [0.2, 0.25) is 0 Å². The molecule has 1 aromatic heterocycles. The minimum Gasteiger partial charge on any atom is -0.309 e. The van der Waals surface area contributed by atoms with Crippen molar-refractivity contribution < 1.29 is 0 Å². The Morgan fingerprint density at radius 3 is 1.64 bits per heavy atom. The number of hydrogen-bond donors (Lipinski definition) is 0. The highest BCUT2D eigenvalue weighted by Crippen LogP contribution is 2.34. The van der Waals surface area contributed by atoms with Gasteiger partial charge in [-0.15, -0.1) is 0 Å². The zero-order valence-electron chi connectivity index (χ0n) is 22.5. The van der Waals surface area contributed by atoms with Crippen molar-refractivity contribution in [3.05, 3.63) is 150 Å². The highest BCUT2D eigenvalue weighted by Gasteiger charge is 2.15. The maximum atomic E-state index is 4.92. The molecular weight excluding hydrogens is 472 g/mol. The maximum absolute atomic E-state index is 4.92. The monoisotopic (exact) mass is 504 g/mol. The Labute approximate surface area is 230 Å². The molecule has 0 fully saturated rings. The van der Waals surface area contributed by atoms with Gasteiger partial charge in [-0.1, -0.05) is 109 Å². The summed E-state index contributed by atoms with van der Waals surface area (Å²) < 4.78 is 2.37. The second kappa shape index (κ2) is 11.0. The summed E-state index contributed by atoms with van der Waals surface area (Å²) in [4.78, 5) is 4.92.